The molecule has 0 amide bonds. The zero-order valence-electron chi connectivity index (χ0n) is 26.1. The Morgan fingerprint density at radius 3 is 2.29 bits per heavy atom. The van der Waals surface area contributed by atoms with Crippen molar-refractivity contribution in [3.8, 4) is 17.2 Å². The summed E-state index contributed by atoms with van der Waals surface area (Å²) in [6.07, 6.45) is 17.2. The first-order chi connectivity index (χ1) is 20.4. The monoisotopic (exact) mass is 571 g/mol. The van der Waals surface area contributed by atoms with Crippen LogP contribution in [0.5, 0.6) is 17.2 Å². The van der Waals surface area contributed by atoms with E-state index >= 15 is 0 Å². The van der Waals surface area contributed by atoms with Crippen molar-refractivity contribution in [2.45, 2.75) is 83.5 Å². The lowest BCUT2D eigenvalue weighted by molar-refractivity contribution is 0.105. The smallest absolute Gasteiger partial charge is 0.200 e. The minimum Gasteiger partial charge on any atom is -0.502 e. The van der Waals surface area contributed by atoms with Crippen molar-refractivity contribution in [3.05, 3.63) is 47.8 Å². The summed E-state index contributed by atoms with van der Waals surface area (Å²) < 4.78 is 10.7. The highest BCUT2D eigenvalue weighted by atomic mass is 16.5. The van der Waals surface area contributed by atoms with Crippen molar-refractivity contribution >= 4 is 16.7 Å². The van der Waals surface area contributed by atoms with Crippen LogP contribution >= 0.6 is 0 Å². The molecule has 226 valence electrons. The molecule has 3 atom stereocenters. The van der Waals surface area contributed by atoms with Crippen LogP contribution in [-0.4, -0.2) is 43.4 Å². The summed E-state index contributed by atoms with van der Waals surface area (Å²) in [5.74, 6) is 6.76. The summed E-state index contributed by atoms with van der Waals surface area (Å²) in [6.45, 7) is 0. The number of nitrogens with zero attached hydrogens (tertiary/aromatic N) is 3. The number of ether oxygens (including phenoxy) is 2. The van der Waals surface area contributed by atoms with Gasteiger partial charge in [-0.2, -0.15) is 0 Å². The van der Waals surface area contributed by atoms with E-state index in [1.807, 2.05) is 12.1 Å². The maximum Gasteiger partial charge on any atom is 0.200 e. The van der Waals surface area contributed by atoms with E-state index in [-0.39, 0.29) is 5.75 Å². The van der Waals surface area contributed by atoms with Gasteiger partial charge in [-0.15, -0.1) is 0 Å². The Hall–Kier alpha value is -3.02. The summed E-state index contributed by atoms with van der Waals surface area (Å²) in [5, 5.41) is 11.3. The van der Waals surface area contributed by atoms with Gasteiger partial charge in [-0.25, -0.2) is 9.97 Å². The van der Waals surface area contributed by atoms with Gasteiger partial charge in [-0.3, -0.25) is 0 Å². The second-order valence-electron chi connectivity index (χ2n) is 13.7. The van der Waals surface area contributed by atoms with Gasteiger partial charge in [-0.1, -0.05) is 12.1 Å². The number of hydrogen-bond acceptors (Lipinski definition) is 6. The number of phenols is 1. The second-order valence-corrected chi connectivity index (χ2v) is 13.7. The maximum atomic E-state index is 10.2. The van der Waals surface area contributed by atoms with E-state index in [2.05, 4.69) is 43.3 Å². The number of rotatable bonds is 12. The van der Waals surface area contributed by atoms with Crippen molar-refractivity contribution in [1.82, 2.24) is 9.97 Å². The number of aryl methyl sites for hydroxylation is 2. The molecule has 6 nitrogen and oxygen atoms in total. The van der Waals surface area contributed by atoms with Crippen molar-refractivity contribution in [1.29, 1.82) is 0 Å². The first-order valence-corrected chi connectivity index (χ1v) is 16.3. The quantitative estimate of drug-likeness (QED) is 0.238. The number of anilines is 1. The summed E-state index contributed by atoms with van der Waals surface area (Å²) in [7, 11) is 7.34. The standard InChI is InChI=1S/C36H49N3O3/c1-39(2)35-29-10-5-6-11-30(29)37-33(38-35)15-14-28-23-36(28)18-16-24(17-19-36)20-27-13-12-26(27)9-7-8-25-21-31(41-3)34(40)32(22-25)42-4/h5-6,10-11,21-22,24,26-28,40H,7-9,12-20,23H2,1-4H3. The lowest BCUT2D eigenvalue weighted by Crippen LogP contribution is -2.29. The molecule has 3 saturated carbocycles. The first-order valence-electron chi connectivity index (χ1n) is 16.3. The number of para-hydroxylation sites is 1. The molecule has 1 aromatic heterocycles. The van der Waals surface area contributed by atoms with Crippen molar-refractivity contribution < 1.29 is 14.6 Å². The van der Waals surface area contributed by atoms with Gasteiger partial charge in [0.05, 0.1) is 19.7 Å². The average molecular weight is 572 g/mol. The molecule has 3 fully saturated rings. The van der Waals surface area contributed by atoms with E-state index < -0.39 is 0 Å². The zero-order chi connectivity index (χ0) is 29.3. The van der Waals surface area contributed by atoms with Crippen molar-refractivity contribution in [2.24, 2.45) is 29.1 Å². The van der Waals surface area contributed by atoms with Gasteiger partial charge in [0.15, 0.2) is 11.5 Å². The van der Waals surface area contributed by atoms with Crippen LogP contribution in [0.2, 0.25) is 0 Å². The fourth-order valence-electron chi connectivity index (χ4n) is 8.22. The predicted molar refractivity (Wildman–Crippen MR) is 170 cm³/mol. The van der Waals surface area contributed by atoms with Crippen LogP contribution in [-0.2, 0) is 12.8 Å². The van der Waals surface area contributed by atoms with Crippen LogP contribution in [0, 0.1) is 29.1 Å². The highest BCUT2D eigenvalue weighted by Crippen LogP contribution is 2.64. The minimum absolute atomic E-state index is 0.0899. The molecule has 3 aromatic rings. The van der Waals surface area contributed by atoms with Gasteiger partial charge in [0.25, 0.3) is 0 Å². The number of fused-ring (bicyclic) bond motifs is 1. The highest BCUT2D eigenvalue weighted by Gasteiger charge is 2.54. The van der Waals surface area contributed by atoms with E-state index in [0.717, 1.165) is 59.1 Å². The molecular weight excluding hydrogens is 522 g/mol. The molecular formula is C36H49N3O3. The summed E-state index contributed by atoms with van der Waals surface area (Å²) in [5.41, 5.74) is 2.87. The Morgan fingerprint density at radius 1 is 0.905 bits per heavy atom. The lowest BCUT2D eigenvalue weighted by Gasteiger charge is -2.41. The molecule has 3 aliphatic carbocycles. The molecule has 0 radical (unpaired) electrons. The maximum absolute atomic E-state index is 10.2. The zero-order valence-corrected chi connectivity index (χ0v) is 26.1. The van der Waals surface area contributed by atoms with Crippen LogP contribution < -0.4 is 14.4 Å². The SMILES string of the molecule is COc1cc(CCCC2CCC2CC2CCC3(CC2)CC3CCc2nc(N(C)C)c3ccccc3n2)cc(OC)c1O. The van der Waals surface area contributed by atoms with Gasteiger partial charge in [-0.05, 0) is 136 Å². The highest BCUT2D eigenvalue weighted by molar-refractivity contribution is 5.89. The van der Waals surface area contributed by atoms with E-state index in [4.69, 9.17) is 19.4 Å². The summed E-state index contributed by atoms with van der Waals surface area (Å²) in [4.78, 5) is 12.0. The molecule has 3 unspecified atom stereocenters. The van der Waals surface area contributed by atoms with Gasteiger partial charge in [0.2, 0.25) is 5.75 Å². The van der Waals surface area contributed by atoms with Gasteiger partial charge in [0, 0.05) is 25.9 Å². The molecule has 3 aliphatic rings. The fourth-order valence-corrected chi connectivity index (χ4v) is 8.22. The van der Waals surface area contributed by atoms with Crippen LogP contribution in [0.1, 0.15) is 82.0 Å². The molecule has 1 spiro atoms. The lowest BCUT2D eigenvalue weighted by atomic mass is 9.65. The number of benzene rings is 2. The van der Waals surface area contributed by atoms with E-state index in [0.29, 0.717) is 16.9 Å². The third kappa shape index (κ3) is 6.05. The summed E-state index contributed by atoms with van der Waals surface area (Å²) in [6, 6.07) is 12.3. The molecule has 0 aliphatic heterocycles. The second kappa shape index (κ2) is 12.3. The molecule has 1 heterocycles. The average Bonchev–Trinajstić information content (AvgIpc) is 3.68. The minimum atomic E-state index is 0.0899. The molecule has 0 bridgehead atoms. The van der Waals surface area contributed by atoms with Crippen molar-refractivity contribution in [3.63, 3.8) is 0 Å². The molecule has 1 N–H and O–H groups in total. The Labute approximate surface area is 251 Å². The largest absolute Gasteiger partial charge is 0.502 e. The number of phenolic OH excluding ortho intramolecular Hbond substituents is 1. The first kappa shape index (κ1) is 29.1. The number of aromatic hydroxyl groups is 1. The molecule has 6 rings (SSSR count). The number of methoxy groups -OCH3 is 2. The Kier molecular flexibility index (Phi) is 8.51. The van der Waals surface area contributed by atoms with E-state index in [9.17, 15) is 5.11 Å². The van der Waals surface area contributed by atoms with E-state index in [1.54, 1.807) is 14.2 Å². The van der Waals surface area contributed by atoms with Gasteiger partial charge < -0.3 is 19.5 Å². The Bertz CT molecular complexity index is 1360. The topological polar surface area (TPSA) is 67.7 Å². The number of hydrogen-bond donors (Lipinski definition) is 1. The number of aromatic nitrogens is 2. The van der Waals surface area contributed by atoms with Crippen LogP contribution in [0.4, 0.5) is 5.82 Å². The fraction of sp³-hybridized carbons (Fsp3) is 0.611. The van der Waals surface area contributed by atoms with Crippen LogP contribution in [0.25, 0.3) is 10.9 Å². The van der Waals surface area contributed by atoms with E-state index in [1.165, 1.54) is 76.2 Å². The van der Waals surface area contributed by atoms with Gasteiger partial charge >= 0.3 is 0 Å². The van der Waals surface area contributed by atoms with Gasteiger partial charge in [0.1, 0.15) is 11.6 Å². The Morgan fingerprint density at radius 2 is 1.62 bits per heavy atom. The van der Waals surface area contributed by atoms with Crippen molar-refractivity contribution in [2.75, 3.05) is 33.2 Å². The van der Waals surface area contributed by atoms with Crippen LogP contribution in [0.15, 0.2) is 36.4 Å². The third-order valence-corrected chi connectivity index (χ3v) is 11.0. The molecule has 6 heteroatoms. The molecule has 0 saturated heterocycles. The van der Waals surface area contributed by atoms with Crippen LogP contribution in [0.3, 0.4) is 0 Å². The molecule has 2 aromatic carbocycles. The molecule has 42 heavy (non-hydrogen) atoms. The third-order valence-electron chi connectivity index (χ3n) is 11.0. The summed E-state index contributed by atoms with van der Waals surface area (Å²) >= 11 is 0. The Balaban J connectivity index is 0.937. The normalized spacial score (nSPS) is 26.7. The predicted octanol–water partition coefficient (Wildman–Crippen LogP) is 7.99.